The van der Waals surface area contributed by atoms with Crippen LogP contribution in [0.4, 0.5) is 0 Å². The second-order valence-corrected chi connectivity index (χ2v) is 7.63. The number of nitrogens with zero attached hydrogens (tertiary/aromatic N) is 1. The first kappa shape index (κ1) is 18.4. The van der Waals surface area contributed by atoms with Crippen molar-refractivity contribution >= 4 is 15.9 Å². The number of amides is 1. The van der Waals surface area contributed by atoms with Crippen molar-refractivity contribution < 1.29 is 17.9 Å². The molecular formula is C15H24N2O4S. The minimum Gasteiger partial charge on any atom is -0.491 e. The Morgan fingerprint density at radius 3 is 2.23 bits per heavy atom. The van der Waals surface area contributed by atoms with Gasteiger partial charge in [-0.1, -0.05) is 12.1 Å². The average molecular weight is 328 g/mol. The SMILES string of the molecule is CC(C)Oc1ccc(C(C)NC(=O)CN(C)S(C)(=O)=O)cc1. The summed E-state index contributed by atoms with van der Waals surface area (Å²) in [7, 11) is -1.99. The molecule has 1 N–H and O–H groups in total. The van der Waals surface area contributed by atoms with Crippen LogP contribution in [-0.4, -0.2) is 44.6 Å². The van der Waals surface area contributed by atoms with Gasteiger partial charge in [-0.2, -0.15) is 4.31 Å². The lowest BCUT2D eigenvalue weighted by molar-refractivity contribution is -0.121. The number of rotatable bonds is 7. The summed E-state index contributed by atoms with van der Waals surface area (Å²) in [5.74, 6) is 0.428. The number of hydrogen-bond acceptors (Lipinski definition) is 4. The minimum absolute atomic E-state index is 0.106. The fourth-order valence-electron chi connectivity index (χ4n) is 1.80. The molecule has 7 heteroatoms. The summed E-state index contributed by atoms with van der Waals surface area (Å²) in [6.07, 6.45) is 1.17. The average Bonchev–Trinajstić information content (AvgIpc) is 2.37. The van der Waals surface area contributed by atoms with Gasteiger partial charge in [-0.3, -0.25) is 4.79 Å². The van der Waals surface area contributed by atoms with E-state index < -0.39 is 10.0 Å². The van der Waals surface area contributed by atoms with E-state index >= 15 is 0 Å². The highest BCUT2D eigenvalue weighted by atomic mass is 32.2. The summed E-state index contributed by atoms with van der Waals surface area (Å²) in [6, 6.07) is 7.24. The number of ether oxygens (including phenoxy) is 1. The van der Waals surface area contributed by atoms with Crippen molar-refractivity contribution in [3.63, 3.8) is 0 Å². The molecule has 1 rings (SSSR count). The quantitative estimate of drug-likeness (QED) is 0.824. The summed E-state index contributed by atoms with van der Waals surface area (Å²) < 4.78 is 29.1. The maximum Gasteiger partial charge on any atom is 0.235 e. The summed E-state index contributed by atoms with van der Waals surface area (Å²) in [5, 5.41) is 2.77. The molecule has 0 fully saturated rings. The molecule has 0 radical (unpaired) electrons. The third-order valence-electron chi connectivity index (χ3n) is 3.06. The Kier molecular flexibility index (Phi) is 6.37. The fraction of sp³-hybridized carbons (Fsp3) is 0.533. The van der Waals surface area contributed by atoms with E-state index in [0.29, 0.717) is 0 Å². The number of likely N-dealkylation sites (N-methyl/N-ethyl adjacent to an activating group) is 1. The van der Waals surface area contributed by atoms with Crippen LogP contribution >= 0.6 is 0 Å². The van der Waals surface area contributed by atoms with E-state index in [9.17, 15) is 13.2 Å². The molecule has 0 saturated carbocycles. The van der Waals surface area contributed by atoms with Crippen LogP contribution in [0.25, 0.3) is 0 Å². The van der Waals surface area contributed by atoms with Crippen LogP contribution in [-0.2, 0) is 14.8 Å². The Labute approximate surface area is 132 Å². The van der Waals surface area contributed by atoms with Crippen LogP contribution < -0.4 is 10.1 Å². The molecule has 0 aliphatic carbocycles. The Balaban J connectivity index is 2.61. The van der Waals surface area contributed by atoms with Crippen molar-refractivity contribution in [1.29, 1.82) is 0 Å². The molecule has 0 bridgehead atoms. The van der Waals surface area contributed by atoms with Crippen LogP contribution in [0.2, 0.25) is 0 Å². The molecular weight excluding hydrogens is 304 g/mol. The lowest BCUT2D eigenvalue weighted by Gasteiger charge is -2.18. The number of benzene rings is 1. The highest BCUT2D eigenvalue weighted by Crippen LogP contribution is 2.18. The van der Waals surface area contributed by atoms with Crippen molar-refractivity contribution in [1.82, 2.24) is 9.62 Å². The number of sulfonamides is 1. The van der Waals surface area contributed by atoms with Crippen LogP contribution in [0.1, 0.15) is 32.4 Å². The van der Waals surface area contributed by atoms with Gasteiger partial charge in [0.1, 0.15) is 5.75 Å². The highest BCUT2D eigenvalue weighted by molar-refractivity contribution is 7.88. The second-order valence-electron chi connectivity index (χ2n) is 5.54. The second kappa shape index (κ2) is 7.60. The molecule has 0 aromatic heterocycles. The molecule has 1 atom stereocenters. The van der Waals surface area contributed by atoms with E-state index in [4.69, 9.17) is 4.74 Å². The largest absolute Gasteiger partial charge is 0.491 e. The Hall–Kier alpha value is -1.60. The summed E-state index contributed by atoms with van der Waals surface area (Å²) in [6.45, 7) is 5.55. The zero-order chi connectivity index (χ0) is 16.9. The van der Waals surface area contributed by atoms with E-state index in [1.165, 1.54) is 7.05 Å². The van der Waals surface area contributed by atoms with Gasteiger partial charge in [0.2, 0.25) is 15.9 Å². The monoisotopic (exact) mass is 328 g/mol. The maximum absolute atomic E-state index is 11.9. The van der Waals surface area contributed by atoms with E-state index in [1.54, 1.807) is 0 Å². The zero-order valence-corrected chi connectivity index (χ0v) is 14.5. The predicted octanol–water partition coefficient (Wildman–Crippen LogP) is 1.54. The van der Waals surface area contributed by atoms with Crippen molar-refractivity contribution in [3.8, 4) is 5.75 Å². The highest BCUT2D eigenvalue weighted by Gasteiger charge is 2.17. The third-order valence-corrected chi connectivity index (χ3v) is 4.32. The summed E-state index contributed by atoms with van der Waals surface area (Å²) >= 11 is 0. The maximum atomic E-state index is 11.9. The minimum atomic E-state index is -3.36. The Morgan fingerprint density at radius 1 is 1.23 bits per heavy atom. The van der Waals surface area contributed by atoms with Gasteiger partial charge in [-0.05, 0) is 38.5 Å². The first-order chi connectivity index (χ1) is 10.1. The van der Waals surface area contributed by atoms with Gasteiger partial charge in [-0.25, -0.2) is 8.42 Å². The van der Waals surface area contributed by atoms with Crippen LogP contribution in [0.5, 0.6) is 5.75 Å². The van der Waals surface area contributed by atoms with E-state index in [1.807, 2.05) is 45.0 Å². The molecule has 1 unspecified atom stereocenters. The molecule has 0 aliphatic heterocycles. The topological polar surface area (TPSA) is 75.7 Å². The predicted molar refractivity (Wildman–Crippen MR) is 86.2 cm³/mol. The molecule has 6 nitrogen and oxygen atoms in total. The molecule has 22 heavy (non-hydrogen) atoms. The van der Waals surface area contributed by atoms with Gasteiger partial charge >= 0.3 is 0 Å². The van der Waals surface area contributed by atoms with Gasteiger partial charge in [0.05, 0.1) is 24.9 Å². The van der Waals surface area contributed by atoms with Crippen molar-refractivity contribution in [2.24, 2.45) is 0 Å². The van der Waals surface area contributed by atoms with E-state index in [-0.39, 0.29) is 24.6 Å². The first-order valence-electron chi connectivity index (χ1n) is 7.07. The van der Waals surface area contributed by atoms with Crippen LogP contribution in [0.3, 0.4) is 0 Å². The number of hydrogen-bond donors (Lipinski definition) is 1. The van der Waals surface area contributed by atoms with E-state index in [0.717, 1.165) is 21.9 Å². The van der Waals surface area contributed by atoms with Crippen molar-refractivity contribution in [3.05, 3.63) is 29.8 Å². The smallest absolute Gasteiger partial charge is 0.235 e. The molecule has 0 spiro atoms. The molecule has 1 amide bonds. The Morgan fingerprint density at radius 2 is 1.77 bits per heavy atom. The van der Waals surface area contributed by atoms with Crippen molar-refractivity contribution in [2.45, 2.75) is 32.9 Å². The number of carbonyl (C=O) groups excluding carboxylic acids is 1. The van der Waals surface area contributed by atoms with Gasteiger partial charge in [-0.15, -0.1) is 0 Å². The molecule has 0 heterocycles. The first-order valence-corrected chi connectivity index (χ1v) is 8.91. The van der Waals surface area contributed by atoms with Crippen LogP contribution in [0, 0.1) is 0 Å². The molecule has 0 aliphatic rings. The van der Waals surface area contributed by atoms with E-state index in [2.05, 4.69) is 5.32 Å². The number of nitrogens with one attached hydrogen (secondary N) is 1. The molecule has 1 aromatic carbocycles. The van der Waals surface area contributed by atoms with Gasteiger partial charge in [0.25, 0.3) is 0 Å². The number of carbonyl (C=O) groups is 1. The summed E-state index contributed by atoms with van der Waals surface area (Å²) in [5.41, 5.74) is 0.923. The van der Waals surface area contributed by atoms with Gasteiger partial charge in [0.15, 0.2) is 0 Å². The molecule has 1 aromatic rings. The van der Waals surface area contributed by atoms with Crippen molar-refractivity contribution in [2.75, 3.05) is 19.8 Å². The lowest BCUT2D eigenvalue weighted by atomic mass is 10.1. The lowest BCUT2D eigenvalue weighted by Crippen LogP contribution is -2.38. The molecule has 0 saturated heterocycles. The summed E-state index contributed by atoms with van der Waals surface area (Å²) in [4.78, 5) is 11.9. The fourth-order valence-corrected chi connectivity index (χ4v) is 2.15. The normalized spacial score (nSPS) is 13.2. The Bertz CT molecular complexity index is 596. The van der Waals surface area contributed by atoms with Gasteiger partial charge < -0.3 is 10.1 Å². The standard InChI is InChI=1S/C15H24N2O4S/c1-11(2)21-14-8-6-13(7-9-14)12(3)16-15(18)10-17(4)22(5,19)20/h6-9,11-12H,10H2,1-5H3,(H,16,18). The molecule has 124 valence electrons. The van der Waals surface area contributed by atoms with Crippen LogP contribution in [0.15, 0.2) is 24.3 Å². The zero-order valence-electron chi connectivity index (χ0n) is 13.7. The third kappa shape index (κ3) is 6.03. The van der Waals surface area contributed by atoms with Gasteiger partial charge in [0, 0.05) is 7.05 Å².